The fourth-order valence-electron chi connectivity index (χ4n) is 2.18. The van der Waals surface area contributed by atoms with Gasteiger partial charge >= 0.3 is 7.12 Å². The van der Waals surface area contributed by atoms with E-state index in [9.17, 15) is 4.79 Å². The summed E-state index contributed by atoms with van der Waals surface area (Å²) in [5.41, 5.74) is 12.5. The summed E-state index contributed by atoms with van der Waals surface area (Å²) in [6, 6.07) is 7.01. The van der Waals surface area contributed by atoms with E-state index in [2.05, 4.69) is 0 Å². The molecular weight excluding hydrogens is 279 g/mol. The van der Waals surface area contributed by atoms with Gasteiger partial charge in [-0.1, -0.05) is 18.2 Å². The van der Waals surface area contributed by atoms with Gasteiger partial charge in [0.25, 0.3) is 0 Å². The minimum Gasteiger partial charge on any atom is -0.400 e. The molecule has 0 saturated carbocycles. The lowest BCUT2D eigenvalue weighted by atomic mass is 9.77. The molecule has 0 bridgehead atoms. The summed E-state index contributed by atoms with van der Waals surface area (Å²) in [6.07, 6.45) is 1.92. The van der Waals surface area contributed by atoms with Crippen molar-refractivity contribution in [2.45, 2.75) is 38.9 Å². The number of carbonyl (C=O) groups is 1. The monoisotopic (exact) mass is 302 g/mol. The Hall–Kier alpha value is -1.63. The van der Waals surface area contributed by atoms with Crippen molar-refractivity contribution < 1.29 is 14.1 Å². The summed E-state index contributed by atoms with van der Waals surface area (Å²) in [6.45, 7) is 8.34. The summed E-state index contributed by atoms with van der Waals surface area (Å²) in [4.78, 5) is 11.1. The number of primary amides is 1. The van der Waals surface area contributed by atoms with E-state index in [1.54, 1.807) is 12.1 Å². The Labute approximate surface area is 131 Å². The highest BCUT2D eigenvalue weighted by atomic mass is 16.7. The molecule has 1 fully saturated rings. The van der Waals surface area contributed by atoms with Crippen molar-refractivity contribution in [3.63, 3.8) is 0 Å². The zero-order valence-electron chi connectivity index (χ0n) is 13.6. The van der Waals surface area contributed by atoms with Gasteiger partial charge in [-0.05, 0) is 50.9 Å². The van der Waals surface area contributed by atoms with E-state index in [4.69, 9.17) is 20.8 Å². The first-order valence-electron chi connectivity index (χ1n) is 7.32. The van der Waals surface area contributed by atoms with Gasteiger partial charge < -0.3 is 20.8 Å². The highest BCUT2D eigenvalue weighted by molar-refractivity contribution is 6.55. The molecule has 1 aromatic carbocycles. The molecule has 0 aromatic heterocycles. The molecule has 1 heterocycles. The summed E-state index contributed by atoms with van der Waals surface area (Å²) in [7, 11) is -0.467. The number of carbonyl (C=O) groups excluding carboxylic acids is 1. The molecule has 1 aliphatic rings. The summed E-state index contributed by atoms with van der Waals surface area (Å²) < 4.78 is 12.0. The highest BCUT2D eigenvalue weighted by Crippen LogP contribution is 2.38. The predicted octanol–water partition coefficient (Wildman–Crippen LogP) is 1.76. The van der Waals surface area contributed by atoms with Gasteiger partial charge in [0.15, 0.2) is 0 Å². The maximum atomic E-state index is 11.1. The molecule has 0 radical (unpaired) electrons. The van der Waals surface area contributed by atoms with Gasteiger partial charge in [-0.15, -0.1) is 0 Å². The normalized spacial score (nSPS) is 20.2. The number of hydrogen-bond donors (Lipinski definition) is 2. The number of benzene rings is 1. The molecule has 22 heavy (non-hydrogen) atoms. The standard InChI is InChI=1S/C16H23BN2O3/c1-15(2)16(3,4)22-17(21-15)13(10-18)9-11-5-7-12(8-6-11)14(19)20/h5-9H,10,18H2,1-4H3,(H2,19,20). The average molecular weight is 302 g/mol. The molecule has 118 valence electrons. The molecule has 4 N–H and O–H groups in total. The molecule has 0 aliphatic carbocycles. The molecule has 0 spiro atoms. The summed E-state index contributed by atoms with van der Waals surface area (Å²) >= 11 is 0. The van der Waals surface area contributed by atoms with E-state index in [1.807, 2.05) is 45.9 Å². The molecule has 1 aliphatic heterocycles. The van der Waals surface area contributed by atoms with E-state index < -0.39 is 24.2 Å². The van der Waals surface area contributed by atoms with Crippen LogP contribution in [0.1, 0.15) is 43.6 Å². The highest BCUT2D eigenvalue weighted by Gasteiger charge is 2.52. The smallest absolute Gasteiger partial charge is 0.400 e. The Morgan fingerprint density at radius 3 is 2.05 bits per heavy atom. The maximum Gasteiger partial charge on any atom is 0.491 e. The van der Waals surface area contributed by atoms with E-state index in [0.717, 1.165) is 11.0 Å². The van der Waals surface area contributed by atoms with Crippen LogP contribution in [0.15, 0.2) is 29.7 Å². The van der Waals surface area contributed by atoms with Crippen LogP contribution in [0.2, 0.25) is 0 Å². The summed E-state index contributed by atoms with van der Waals surface area (Å²) in [5.74, 6) is -0.444. The minimum atomic E-state index is -0.467. The van der Waals surface area contributed by atoms with Crippen LogP contribution in [0.5, 0.6) is 0 Å². The SMILES string of the molecule is CC1(C)OB(C(=Cc2ccc(C(N)=O)cc2)CN)OC1(C)C. The maximum absolute atomic E-state index is 11.1. The van der Waals surface area contributed by atoms with Gasteiger partial charge in [0.05, 0.1) is 11.2 Å². The number of rotatable bonds is 4. The minimum absolute atomic E-state index is 0.328. The molecule has 0 unspecified atom stereocenters. The Kier molecular flexibility index (Phi) is 4.47. The zero-order chi connectivity index (χ0) is 16.5. The van der Waals surface area contributed by atoms with Crippen LogP contribution in [0.3, 0.4) is 0 Å². The van der Waals surface area contributed by atoms with Gasteiger partial charge in [-0.3, -0.25) is 4.79 Å². The van der Waals surface area contributed by atoms with Gasteiger partial charge in [0.2, 0.25) is 5.91 Å². The quantitative estimate of drug-likeness (QED) is 0.830. The number of amides is 1. The molecule has 6 heteroatoms. The van der Waals surface area contributed by atoms with Crippen molar-refractivity contribution in [1.29, 1.82) is 0 Å². The Bertz CT molecular complexity index is 578. The Balaban J connectivity index is 2.23. The molecule has 1 amide bonds. The third-order valence-electron chi connectivity index (χ3n) is 4.34. The van der Waals surface area contributed by atoms with Gasteiger partial charge in [-0.25, -0.2) is 0 Å². The van der Waals surface area contributed by atoms with Crippen LogP contribution in [-0.4, -0.2) is 30.8 Å². The van der Waals surface area contributed by atoms with Gasteiger partial charge in [0, 0.05) is 12.1 Å². The van der Waals surface area contributed by atoms with Crippen molar-refractivity contribution in [2.24, 2.45) is 11.5 Å². The average Bonchev–Trinajstić information content (AvgIpc) is 2.65. The van der Waals surface area contributed by atoms with Crippen molar-refractivity contribution in [1.82, 2.24) is 0 Å². The van der Waals surface area contributed by atoms with E-state index in [1.165, 1.54) is 0 Å². The van der Waals surface area contributed by atoms with Crippen molar-refractivity contribution in [3.8, 4) is 0 Å². The van der Waals surface area contributed by atoms with Crippen LogP contribution in [0.25, 0.3) is 6.08 Å². The lowest BCUT2D eigenvalue weighted by Gasteiger charge is -2.32. The van der Waals surface area contributed by atoms with Crippen molar-refractivity contribution >= 4 is 19.1 Å². The van der Waals surface area contributed by atoms with E-state index in [-0.39, 0.29) is 0 Å². The van der Waals surface area contributed by atoms with Gasteiger partial charge in [0.1, 0.15) is 0 Å². The van der Waals surface area contributed by atoms with Crippen LogP contribution in [-0.2, 0) is 9.31 Å². The van der Waals surface area contributed by atoms with Gasteiger partial charge in [-0.2, -0.15) is 0 Å². The Morgan fingerprint density at radius 2 is 1.64 bits per heavy atom. The van der Waals surface area contributed by atoms with Crippen LogP contribution < -0.4 is 11.5 Å². The third kappa shape index (κ3) is 3.24. The number of nitrogens with two attached hydrogens (primary N) is 2. The fraction of sp³-hybridized carbons (Fsp3) is 0.438. The molecule has 1 saturated heterocycles. The van der Waals surface area contributed by atoms with Crippen LogP contribution >= 0.6 is 0 Å². The first-order chi connectivity index (χ1) is 10.2. The zero-order valence-corrected chi connectivity index (χ0v) is 13.6. The van der Waals surface area contributed by atoms with E-state index >= 15 is 0 Å². The van der Waals surface area contributed by atoms with Crippen LogP contribution in [0, 0.1) is 0 Å². The lowest BCUT2D eigenvalue weighted by molar-refractivity contribution is 0.00578. The first-order valence-corrected chi connectivity index (χ1v) is 7.32. The molecule has 2 rings (SSSR count). The lowest BCUT2D eigenvalue weighted by Crippen LogP contribution is -2.41. The third-order valence-corrected chi connectivity index (χ3v) is 4.34. The molecule has 0 atom stereocenters. The second kappa shape index (κ2) is 5.87. The molecule has 1 aromatic rings. The fourth-order valence-corrected chi connectivity index (χ4v) is 2.18. The predicted molar refractivity (Wildman–Crippen MR) is 88.1 cm³/mol. The second-order valence-corrected chi connectivity index (χ2v) is 6.50. The van der Waals surface area contributed by atoms with Crippen molar-refractivity contribution in [3.05, 3.63) is 40.9 Å². The summed E-state index contributed by atoms with van der Waals surface area (Å²) in [5, 5.41) is 0. The number of hydrogen-bond acceptors (Lipinski definition) is 4. The molecule has 5 nitrogen and oxygen atoms in total. The second-order valence-electron chi connectivity index (χ2n) is 6.50. The van der Waals surface area contributed by atoms with Crippen molar-refractivity contribution in [2.75, 3.05) is 6.54 Å². The first kappa shape index (κ1) is 16.7. The van der Waals surface area contributed by atoms with E-state index in [0.29, 0.717) is 12.1 Å². The molecular formula is C16H23BN2O3. The Morgan fingerprint density at radius 1 is 1.14 bits per heavy atom. The topological polar surface area (TPSA) is 87.6 Å². The van der Waals surface area contributed by atoms with Crippen LogP contribution in [0.4, 0.5) is 0 Å². The largest absolute Gasteiger partial charge is 0.491 e.